The Labute approximate surface area is 118 Å². The van der Waals surface area contributed by atoms with Crippen LogP contribution in [0.2, 0.25) is 0 Å². The van der Waals surface area contributed by atoms with E-state index in [-0.39, 0.29) is 11.6 Å². The van der Waals surface area contributed by atoms with Gasteiger partial charge in [0.2, 0.25) is 0 Å². The van der Waals surface area contributed by atoms with Crippen molar-refractivity contribution < 1.29 is 31.5 Å². The molecule has 2 N–H and O–H groups in total. The maximum Gasteiger partial charge on any atom is 0.501 e. The number of nitrogens with one attached hydrogen (secondary N) is 1. The van der Waals surface area contributed by atoms with E-state index in [1.165, 1.54) is 6.07 Å². The van der Waals surface area contributed by atoms with E-state index in [9.17, 15) is 26.4 Å². The summed E-state index contributed by atoms with van der Waals surface area (Å²) in [6, 6.07) is 3.31. The molecule has 0 amide bonds. The summed E-state index contributed by atoms with van der Waals surface area (Å²) < 4.78 is 60.9. The largest absolute Gasteiger partial charge is 0.501 e. The van der Waals surface area contributed by atoms with Gasteiger partial charge < -0.3 is 10.4 Å². The van der Waals surface area contributed by atoms with Crippen LogP contribution < -0.4 is 5.32 Å². The molecule has 1 aromatic carbocycles. The summed E-state index contributed by atoms with van der Waals surface area (Å²) >= 11 is 0. The molecule has 0 aromatic heterocycles. The molecule has 1 saturated carbocycles. The molecule has 21 heavy (non-hydrogen) atoms. The number of carboxylic acid groups (broad SMARTS) is 1. The number of carboxylic acids is 1. The molecule has 1 aliphatic carbocycles. The lowest BCUT2D eigenvalue weighted by atomic mass is 10.1. The highest BCUT2D eigenvalue weighted by Gasteiger charge is 2.48. The fraction of sp³-hybridized carbons (Fsp3) is 0.417. The Hall–Kier alpha value is -1.77. The van der Waals surface area contributed by atoms with Crippen LogP contribution in [0.4, 0.5) is 18.9 Å². The second kappa shape index (κ2) is 5.21. The maximum atomic E-state index is 12.6. The van der Waals surface area contributed by atoms with Gasteiger partial charge in [-0.2, -0.15) is 13.2 Å². The summed E-state index contributed by atoms with van der Waals surface area (Å²) in [5.74, 6) is -1.43. The number of carbonyl (C=O) groups is 1. The Morgan fingerprint density at radius 3 is 2.33 bits per heavy atom. The Morgan fingerprint density at radius 1 is 1.29 bits per heavy atom. The zero-order chi connectivity index (χ0) is 15.8. The van der Waals surface area contributed by atoms with Crippen LogP contribution in [0.15, 0.2) is 29.2 Å². The van der Waals surface area contributed by atoms with E-state index in [1.807, 2.05) is 0 Å². The fourth-order valence-corrected chi connectivity index (χ4v) is 2.85. The lowest BCUT2D eigenvalue weighted by molar-refractivity contribution is -0.138. The van der Waals surface area contributed by atoms with Crippen molar-refractivity contribution in [2.75, 3.05) is 5.32 Å². The number of sulfone groups is 1. The smallest absolute Gasteiger partial charge is 0.480 e. The van der Waals surface area contributed by atoms with Crippen molar-refractivity contribution in [1.29, 1.82) is 0 Å². The van der Waals surface area contributed by atoms with Crippen molar-refractivity contribution >= 4 is 21.5 Å². The number of hydrogen-bond donors (Lipinski definition) is 2. The predicted molar refractivity (Wildman–Crippen MR) is 67.5 cm³/mol. The molecule has 1 aromatic rings. The summed E-state index contributed by atoms with van der Waals surface area (Å²) in [6.07, 6.45) is 1.27. The van der Waals surface area contributed by atoms with Gasteiger partial charge in [-0.15, -0.1) is 0 Å². The number of benzene rings is 1. The minimum absolute atomic E-state index is 0.204. The van der Waals surface area contributed by atoms with Gasteiger partial charge in [0.1, 0.15) is 6.04 Å². The van der Waals surface area contributed by atoms with Gasteiger partial charge in [-0.1, -0.05) is 12.1 Å². The second-order valence-corrected chi connectivity index (χ2v) is 6.65. The van der Waals surface area contributed by atoms with Crippen molar-refractivity contribution in [3.8, 4) is 0 Å². The minimum atomic E-state index is -5.54. The molecule has 5 nitrogen and oxygen atoms in total. The first-order valence-corrected chi connectivity index (χ1v) is 7.52. The molecule has 2 rings (SSSR count). The maximum absolute atomic E-state index is 12.6. The first-order chi connectivity index (χ1) is 9.64. The Balaban J connectivity index is 2.40. The van der Waals surface area contributed by atoms with E-state index in [0.717, 1.165) is 18.2 Å². The third-order valence-electron chi connectivity index (χ3n) is 3.15. The van der Waals surface area contributed by atoms with Crippen LogP contribution >= 0.6 is 0 Å². The van der Waals surface area contributed by atoms with Crippen molar-refractivity contribution in [2.24, 2.45) is 5.92 Å². The molecule has 0 bridgehead atoms. The molecule has 116 valence electrons. The summed E-state index contributed by atoms with van der Waals surface area (Å²) in [4.78, 5) is 10.1. The van der Waals surface area contributed by atoms with Gasteiger partial charge in [-0.25, -0.2) is 13.2 Å². The van der Waals surface area contributed by atoms with Gasteiger partial charge >= 0.3 is 11.5 Å². The van der Waals surface area contributed by atoms with Gasteiger partial charge in [0.15, 0.2) is 0 Å². The summed E-state index contributed by atoms with van der Waals surface area (Å²) in [5.41, 5.74) is -5.79. The van der Waals surface area contributed by atoms with E-state index in [1.54, 1.807) is 0 Å². The first-order valence-electron chi connectivity index (χ1n) is 6.04. The zero-order valence-corrected chi connectivity index (χ0v) is 11.4. The second-order valence-electron chi connectivity index (χ2n) is 4.74. The van der Waals surface area contributed by atoms with Crippen LogP contribution in [0.25, 0.3) is 0 Å². The van der Waals surface area contributed by atoms with Crippen LogP contribution in [-0.4, -0.2) is 31.0 Å². The quantitative estimate of drug-likeness (QED) is 0.868. The predicted octanol–water partition coefficient (Wildman–Crippen LogP) is 2.26. The van der Waals surface area contributed by atoms with E-state index in [4.69, 9.17) is 5.11 Å². The molecular formula is C12H12F3NO4S. The third-order valence-corrected chi connectivity index (χ3v) is 4.70. The van der Waals surface area contributed by atoms with E-state index >= 15 is 0 Å². The molecule has 1 fully saturated rings. The molecule has 0 heterocycles. The normalized spacial score (nSPS) is 17.3. The lowest BCUT2D eigenvalue weighted by Gasteiger charge is -2.18. The SMILES string of the molecule is O=C(O)C(Nc1ccccc1S(=O)(=O)C(F)(F)F)C1CC1. The fourth-order valence-electron chi connectivity index (χ4n) is 1.92. The number of anilines is 1. The van der Waals surface area contributed by atoms with Crippen LogP contribution in [0.3, 0.4) is 0 Å². The summed E-state index contributed by atoms with van der Waals surface area (Å²) in [5, 5.41) is 11.5. The Kier molecular flexibility index (Phi) is 3.87. The molecule has 1 atom stereocenters. The molecule has 0 aliphatic heterocycles. The Bertz CT molecular complexity index is 653. The van der Waals surface area contributed by atoms with Crippen LogP contribution in [0.5, 0.6) is 0 Å². The van der Waals surface area contributed by atoms with Crippen molar-refractivity contribution in [3.05, 3.63) is 24.3 Å². The topological polar surface area (TPSA) is 83.5 Å². The average molecular weight is 323 g/mol. The number of halogens is 3. The number of aliphatic carboxylic acids is 1. The van der Waals surface area contributed by atoms with Gasteiger partial charge in [0.25, 0.3) is 9.84 Å². The minimum Gasteiger partial charge on any atom is -0.480 e. The monoisotopic (exact) mass is 323 g/mol. The Morgan fingerprint density at radius 2 is 1.86 bits per heavy atom. The molecule has 1 unspecified atom stereocenters. The van der Waals surface area contributed by atoms with Gasteiger partial charge in [-0.05, 0) is 30.9 Å². The molecule has 9 heteroatoms. The molecule has 0 radical (unpaired) electrons. The summed E-state index contributed by atoms with van der Waals surface area (Å²) in [6.45, 7) is 0. The summed E-state index contributed by atoms with van der Waals surface area (Å²) in [7, 11) is -5.54. The third kappa shape index (κ3) is 3.12. The van der Waals surface area contributed by atoms with E-state index < -0.39 is 32.3 Å². The van der Waals surface area contributed by atoms with Gasteiger partial charge in [0, 0.05) is 0 Å². The van der Waals surface area contributed by atoms with Crippen molar-refractivity contribution in [3.63, 3.8) is 0 Å². The number of hydrogen-bond acceptors (Lipinski definition) is 4. The number of alkyl halides is 3. The molecule has 0 spiro atoms. The highest BCUT2D eigenvalue weighted by molar-refractivity contribution is 7.92. The first kappa shape index (κ1) is 15.6. The zero-order valence-electron chi connectivity index (χ0n) is 10.6. The van der Waals surface area contributed by atoms with Gasteiger partial charge in [-0.3, -0.25) is 0 Å². The van der Waals surface area contributed by atoms with Crippen LogP contribution in [-0.2, 0) is 14.6 Å². The van der Waals surface area contributed by atoms with Crippen LogP contribution in [0.1, 0.15) is 12.8 Å². The van der Waals surface area contributed by atoms with Crippen molar-refractivity contribution in [1.82, 2.24) is 0 Å². The number of para-hydroxylation sites is 1. The van der Waals surface area contributed by atoms with Crippen LogP contribution in [0, 0.1) is 5.92 Å². The molecular weight excluding hydrogens is 311 g/mol. The van der Waals surface area contributed by atoms with E-state index in [2.05, 4.69) is 5.32 Å². The number of rotatable bonds is 5. The highest BCUT2D eigenvalue weighted by atomic mass is 32.2. The molecule has 1 aliphatic rings. The standard InChI is InChI=1S/C12H12F3NO4S/c13-12(14,15)21(19,20)9-4-2-1-3-8(9)16-10(11(17)18)7-5-6-7/h1-4,7,10,16H,5-6H2,(H,17,18). The highest BCUT2D eigenvalue weighted by Crippen LogP contribution is 2.38. The molecule has 0 saturated heterocycles. The van der Waals surface area contributed by atoms with E-state index in [0.29, 0.717) is 12.8 Å². The average Bonchev–Trinajstić information content (AvgIpc) is 3.18. The van der Waals surface area contributed by atoms with Crippen molar-refractivity contribution in [2.45, 2.75) is 29.3 Å². The lowest BCUT2D eigenvalue weighted by Crippen LogP contribution is -2.32. The van der Waals surface area contributed by atoms with Gasteiger partial charge in [0.05, 0.1) is 10.6 Å².